The maximum Gasteiger partial charge on any atom is 0.180 e. The Morgan fingerprint density at radius 1 is 1.26 bits per heavy atom. The molecule has 0 radical (unpaired) electrons. The standard InChI is InChI=1S/C13H19Cl2N3O/c14-13(15)7-11(13)1-2-17-3-5-18(6-4-17)8-12-9-19-10-16-12/h9-11H,1-8H2/t11-/m0/s1. The first-order chi connectivity index (χ1) is 9.13. The molecule has 2 heterocycles. The molecular weight excluding hydrogens is 285 g/mol. The molecule has 6 heteroatoms. The maximum absolute atomic E-state index is 6.05. The van der Waals surface area contributed by atoms with Gasteiger partial charge in [0.05, 0.1) is 5.69 Å². The van der Waals surface area contributed by atoms with E-state index in [9.17, 15) is 0 Å². The van der Waals surface area contributed by atoms with Crippen LogP contribution in [0.1, 0.15) is 18.5 Å². The van der Waals surface area contributed by atoms with Crippen LogP contribution in [-0.4, -0.2) is 51.8 Å². The molecule has 3 rings (SSSR count). The Hall–Kier alpha value is -0.290. The van der Waals surface area contributed by atoms with Crippen molar-refractivity contribution in [1.82, 2.24) is 14.8 Å². The minimum absolute atomic E-state index is 0.422. The topological polar surface area (TPSA) is 32.5 Å². The van der Waals surface area contributed by atoms with Crippen molar-refractivity contribution in [3.63, 3.8) is 0 Å². The molecule has 1 saturated heterocycles. The quantitative estimate of drug-likeness (QED) is 0.782. The Labute approximate surface area is 123 Å². The third-order valence-electron chi connectivity index (χ3n) is 4.08. The first kappa shape index (κ1) is 13.7. The molecule has 0 spiro atoms. The number of rotatable bonds is 5. The summed E-state index contributed by atoms with van der Waals surface area (Å²) in [5, 5.41) is 0. The van der Waals surface area contributed by atoms with Crippen LogP contribution in [0.2, 0.25) is 0 Å². The van der Waals surface area contributed by atoms with E-state index in [2.05, 4.69) is 14.8 Å². The lowest BCUT2D eigenvalue weighted by Gasteiger charge is -2.34. The molecular formula is C13H19Cl2N3O. The SMILES string of the molecule is ClC1(Cl)C[C@@H]1CCN1CCN(Cc2cocn2)CC1. The monoisotopic (exact) mass is 303 g/mol. The van der Waals surface area contributed by atoms with Crippen molar-refractivity contribution in [2.75, 3.05) is 32.7 Å². The number of hydrogen-bond donors (Lipinski definition) is 0. The Morgan fingerprint density at radius 3 is 2.53 bits per heavy atom. The van der Waals surface area contributed by atoms with Gasteiger partial charge in [0.2, 0.25) is 0 Å². The zero-order valence-corrected chi connectivity index (χ0v) is 12.4. The fourth-order valence-electron chi connectivity index (χ4n) is 2.64. The summed E-state index contributed by atoms with van der Waals surface area (Å²) < 4.78 is 4.57. The molecule has 19 heavy (non-hydrogen) atoms. The van der Waals surface area contributed by atoms with Gasteiger partial charge in [0.25, 0.3) is 0 Å². The van der Waals surface area contributed by atoms with E-state index in [0.717, 1.165) is 57.8 Å². The van der Waals surface area contributed by atoms with Crippen molar-refractivity contribution in [3.05, 3.63) is 18.4 Å². The highest BCUT2D eigenvalue weighted by Gasteiger charge is 2.50. The summed E-state index contributed by atoms with van der Waals surface area (Å²) in [6.07, 6.45) is 5.30. The Bertz CT molecular complexity index is 402. The minimum Gasteiger partial charge on any atom is -0.451 e. The third kappa shape index (κ3) is 3.63. The van der Waals surface area contributed by atoms with Crippen LogP contribution in [0, 0.1) is 5.92 Å². The van der Waals surface area contributed by atoms with E-state index in [1.165, 1.54) is 6.39 Å². The average molecular weight is 304 g/mol. The van der Waals surface area contributed by atoms with Gasteiger partial charge < -0.3 is 9.32 Å². The second-order valence-corrected chi connectivity index (χ2v) is 7.09. The largest absolute Gasteiger partial charge is 0.451 e. The van der Waals surface area contributed by atoms with Crippen LogP contribution in [0.4, 0.5) is 0 Å². The molecule has 1 saturated carbocycles. The number of oxazole rings is 1. The molecule has 0 bridgehead atoms. The fourth-order valence-corrected chi connectivity index (χ4v) is 3.23. The van der Waals surface area contributed by atoms with Gasteiger partial charge in [-0.25, -0.2) is 4.98 Å². The second-order valence-electron chi connectivity index (χ2n) is 5.55. The molecule has 0 amide bonds. The average Bonchev–Trinajstić information content (AvgIpc) is 2.78. The van der Waals surface area contributed by atoms with Gasteiger partial charge in [-0.2, -0.15) is 0 Å². The van der Waals surface area contributed by atoms with E-state index in [1.54, 1.807) is 6.26 Å². The van der Waals surface area contributed by atoms with Crippen LogP contribution >= 0.6 is 23.2 Å². The van der Waals surface area contributed by atoms with Gasteiger partial charge >= 0.3 is 0 Å². The molecule has 106 valence electrons. The van der Waals surface area contributed by atoms with E-state index >= 15 is 0 Å². The predicted molar refractivity (Wildman–Crippen MR) is 75.4 cm³/mol. The summed E-state index contributed by atoms with van der Waals surface area (Å²) in [4.78, 5) is 9.08. The molecule has 0 N–H and O–H groups in total. The third-order valence-corrected chi connectivity index (χ3v) is 5.01. The Morgan fingerprint density at radius 2 is 1.95 bits per heavy atom. The molecule has 1 aliphatic heterocycles. The molecule has 1 atom stereocenters. The highest BCUT2D eigenvalue weighted by molar-refractivity contribution is 6.50. The van der Waals surface area contributed by atoms with Crippen molar-refractivity contribution in [2.24, 2.45) is 5.92 Å². The number of alkyl halides is 2. The lowest BCUT2D eigenvalue weighted by Crippen LogP contribution is -2.46. The molecule has 4 nitrogen and oxygen atoms in total. The second kappa shape index (κ2) is 5.60. The van der Waals surface area contributed by atoms with Crippen molar-refractivity contribution < 1.29 is 4.42 Å². The van der Waals surface area contributed by atoms with Crippen molar-refractivity contribution in [3.8, 4) is 0 Å². The molecule has 1 aromatic rings. The van der Waals surface area contributed by atoms with Crippen molar-refractivity contribution in [1.29, 1.82) is 0 Å². The molecule has 2 aliphatic rings. The van der Waals surface area contributed by atoms with Crippen LogP contribution in [0.25, 0.3) is 0 Å². The summed E-state index contributed by atoms with van der Waals surface area (Å²) in [5.41, 5.74) is 1.01. The van der Waals surface area contributed by atoms with E-state index in [4.69, 9.17) is 27.6 Å². The van der Waals surface area contributed by atoms with Crippen molar-refractivity contribution >= 4 is 23.2 Å². The summed E-state index contributed by atoms with van der Waals surface area (Å²) in [6.45, 7) is 6.40. The molecule has 1 aromatic heterocycles. The molecule has 1 aliphatic carbocycles. The first-order valence-electron chi connectivity index (χ1n) is 6.83. The summed E-state index contributed by atoms with van der Waals surface area (Å²) >= 11 is 12.1. The maximum atomic E-state index is 6.05. The zero-order valence-electron chi connectivity index (χ0n) is 10.9. The lowest BCUT2D eigenvalue weighted by molar-refractivity contribution is 0.124. The van der Waals surface area contributed by atoms with Crippen LogP contribution < -0.4 is 0 Å². The van der Waals surface area contributed by atoms with E-state index in [1.807, 2.05) is 0 Å². The highest BCUT2D eigenvalue weighted by Crippen LogP contribution is 2.54. The zero-order chi connectivity index (χ0) is 13.3. The van der Waals surface area contributed by atoms with E-state index in [0.29, 0.717) is 5.92 Å². The molecule has 0 unspecified atom stereocenters. The Kier molecular flexibility index (Phi) is 4.03. The number of hydrogen-bond acceptors (Lipinski definition) is 4. The van der Waals surface area contributed by atoms with Gasteiger partial charge in [-0.05, 0) is 25.3 Å². The van der Waals surface area contributed by atoms with Gasteiger partial charge in [-0.3, -0.25) is 4.90 Å². The lowest BCUT2D eigenvalue weighted by atomic mass is 10.2. The van der Waals surface area contributed by atoms with Crippen molar-refractivity contribution in [2.45, 2.75) is 23.7 Å². The summed E-state index contributed by atoms with van der Waals surface area (Å²) in [7, 11) is 0. The number of piperazine rings is 1. The number of aromatic nitrogens is 1. The normalized spacial score (nSPS) is 27.6. The molecule has 2 fully saturated rings. The highest BCUT2D eigenvalue weighted by atomic mass is 35.5. The smallest absolute Gasteiger partial charge is 0.180 e. The van der Waals surface area contributed by atoms with Crippen LogP contribution in [0.5, 0.6) is 0 Å². The summed E-state index contributed by atoms with van der Waals surface area (Å²) in [5.74, 6) is 0.504. The van der Waals surface area contributed by atoms with Gasteiger partial charge in [-0.15, -0.1) is 23.2 Å². The first-order valence-corrected chi connectivity index (χ1v) is 7.59. The van der Waals surface area contributed by atoms with Gasteiger partial charge in [0.1, 0.15) is 10.6 Å². The van der Waals surface area contributed by atoms with E-state index < -0.39 is 4.33 Å². The van der Waals surface area contributed by atoms with Crippen LogP contribution in [0.3, 0.4) is 0 Å². The summed E-state index contributed by atoms with van der Waals surface area (Å²) in [6, 6.07) is 0. The van der Waals surface area contributed by atoms with Gasteiger partial charge in [0.15, 0.2) is 6.39 Å². The fraction of sp³-hybridized carbons (Fsp3) is 0.769. The van der Waals surface area contributed by atoms with Crippen LogP contribution in [0.15, 0.2) is 17.1 Å². The molecule has 0 aromatic carbocycles. The minimum atomic E-state index is -0.422. The Balaban J connectivity index is 1.35. The van der Waals surface area contributed by atoms with Gasteiger partial charge in [0, 0.05) is 32.7 Å². The predicted octanol–water partition coefficient (Wildman–Crippen LogP) is 2.38. The van der Waals surface area contributed by atoms with E-state index in [-0.39, 0.29) is 0 Å². The van der Waals surface area contributed by atoms with Crippen LogP contribution in [-0.2, 0) is 6.54 Å². The van der Waals surface area contributed by atoms with Gasteiger partial charge in [-0.1, -0.05) is 0 Å². The number of halogens is 2. The number of nitrogens with zero attached hydrogens (tertiary/aromatic N) is 3.